The molecular formula is C22H19BrN6O2. The fourth-order valence-corrected chi connectivity index (χ4v) is 4.02. The van der Waals surface area contributed by atoms with E-state index in [-0.39, 0.29) is 11.6 Å². The van der Waals surface area contributed by atoms with Crippen molar-refractivity contribution in [1.82, 2.24) is 24.1 Å². The van der Waals surface area contributed by atoms with E-state index in [4.69, 9.17) is 0 Å². The summed E-state index contributed by atoms with van der Waals surface area (Å²) in [6.45, 7) is 1.42. The zero-order valence-electron chi connectivity index (χ0n) is 16.7. The van der Waals surface area contributed by atoms with E-state index >= 15 is 0 Å². The average molecular weight is 479 g/mol. The number of aryl methyl sites for hydroxylation is 1. The number of benzene rings is 1. The minimum Gasteiger partial charge on any atom is -0.338 e. The Labute approximate surface area is 186 Å². The molecule has 31 heavy (non-hydrogen) atoms. The molecule has 156 valence electrons. The van der Waals surface area contributed by atoms with Crippen LogP contribution in [0.2, 0.25) is 0 Å². The van der Waals surface area contributed by atoms with Gasteiger partial charge in [-0.25, -0.2) is 4.98 Å². The van der Waals surface area contributed by atoms with Crippen LogP contribution in [-0.4, -0.2) is 49.0 Å². The Kier molecular flexibility index (Phi) is 4.82. The van der Waals surface area contributed by atoms with E-state index in [0.29, 0.717) is 34.5 Å². The molecular weight excluding hydrogens is 460 g/mol. The molecule has 1 aliphatic heterocycles. The molecule has 8 nitrogen and oxygen atoms in total. The molecule has 0 bridgehead atoms. The van der Waals surface area contributed by atoms with Gasteiger partial charge in [0.2, 0.25) is 0 Å². The molecule has 1 N–H and O–H groups in total. The van der Waals surface area contributed by atoms with Gasteiger partial charge in [0.15, 0.2) is 0 Å². The van der Waals surface area contributed by atoms with E-state index in [2.05, 4.69) is 31.3 Å². The lowest BCUT2D eigenvalue weighted by atomic mass is 10.1. The van der Waals surface area contributed by atoms with Crippen LogP contribution in [0.3, 0.4) is 0 Å². The predicted molar refractivity (Wildman–Crippen MR) is 120 cm³/mol. The number of likely N-dealkylation sites (tertiary alicyclic amines) is 1. The first kappa shape index (κ1) is 19.5. The van der Waals surface area contributed by atoms with E-state index in [0.717, 1.165) is 17.7 Å². The number of nitrogens with one attached hydrogen (secondary N) is 1. The van der Waals surface area contributed by atoms with Gasteiger partial charge in [-0.1, -0.05) is 30.3 Å². The second-order valence-electron chi connectivity index (χ2n) is 7.42. The molecule has 1 saturated heterocycles. The first-order valence-electron chi connectivity index (χ1n) is 9.87. The van der Waals surface area contributed by atoms with Crippen LogP contribution in [0.1, 0.15) is 27.3 Å². The second kappa shape index (κ2) is 7.66. The number of anilines is 1. The summed E-state index contributed by atoms with van der Waals surface area (Å²) < 4.78 is 4.02. The molecule has 4 heterocycles. The third-order valence-corrected chi connectivity index (χ3v) is 6.02. The Morgan fingerprint density at radius 1 is 1.13 bits per heavy atom. The fraction of sp³-hybridized carbons (Fsp3) is 0.182. The molecule has 5 rings (SSSR count). The molecule has 9 heteroatoms. The largest absolute Gasteiger partial charge is 0.338 e. The number of pyridine rings is 1. The number of rotatable bonds is 4. The Bertz CT molecular complexity index is 1310. The number of fused-ring (bicyclic) bond motifs is 1. The van der Waals surface area contributed by atoms with Crippen LogP contribution in [0, 0.1) is 0 Å². The first-order valence-corrected chi connectivity index (χ1v) is 10.7. The van der Waals surface area contributed by atoms with Gasteiger partial charge in [-0.2, -0.15) is 5.10 Å². The van der Waals surface area contributed by atoms with Gasteiger partial charge < -0.3 is 14.6 Å². The minimum absolute atomic E-state index is 0.167. The van der Waals surface area contributed by atoms with Crippen LogP contribution < -0.4 is 5.32 Å². The number of nitrogens with zero attached hydrogens (tertiary/aromatic N) is 5. The summed E-state index contributed by atoms with van der Waals surface area (Å²) in [5.74, 6) is -0.566. The van der Waals surface area contributed by atoms with Gasteiger partial charge in [-0.15, -0.1) is 0 Å². The molecule has 0 saturated carbocycles. The predicted octanol–water partition coefficient (Wildman–Crippen LogP) is 3.60. The van der Waals surface area contributed by atoms with Gasteiger partial charge in [0.25, 0.3) is 11.8 Å². The molecule has 4 aromatic rings. The zero-order valence-corrected chi connectivity index (χ0v) is 18.3. The van der Waals surface area contributed by atoms with Crippen LogP contribution in [0.25, 0.3) is 16.9 Å². The van der Waals surface area contributed by atoms with Gasteiger partial charge in [-0.3, -0.25) is 14.3 Å². The van der Waals surface area contributed by atoms with Crippen LogP contribution in [0.5, 0.6) is 0 Å². The van der Waals surface area contributed by atoms with Crippen molar-refractivity contribution >= 4 is 39.1 Å². The maximum atomic E-state index is 13.1. The zero-order chi connectivity index (χ0) is 21.5. The minimum atomic E-state index is -0.399. The number of imidazole rings is 1. The van der Waals surface area contributed by atoms with E-state index in [1.807, 2.05) is 47.1 Å². The maximum Gasteiger partial charge on any atom is 0.274 e. The highest BCUT2D eigenvalue weighted by atomic mass is 79.9. The van der Waals surface area contributed by atoms with Crippen LogP contribution in [0.15, 0.2) is 59.5 Å². The third-order valence-electron chi connectivity index (χ3n) is 5.39. The summed E-state index contributed by atoms with van der Waals surface area (Å²) in [7, 11) is 1.65. The van der Waals surface area contributed by atoms with Crippen molar-refractivity contribution < 1.29 is 9.59 Å². The van der Waals surface area contributed by atoms with Crippen molar-refractivity contribution in [3.05, 3.63) is 70.7 Å². The Balaban J connectivity index is 1.45. The van der Waals surface area contributed by atoms with Crippen molar-refractivity contribution in [2.45, 2.75) is 6.42 Å². The number of carbonyl (C=O) groups excluding carboxylic acids is 2. The summed E-state index contributed by atoms with van der Waals surface area (Å²) >= 11 is 3.52. The number of hydrogen-bond acceptors (Lipinski definition) is 4. The van der Waals surface area contributed by atoms with E-state index in [1.165, 1.54) is 10.9 Å². The molecule has 0 unspecified atom stereocenters. The summed E-state index contributed by atoms with van der Waals surface area (Å²) in [6.07, 6.45) is 6.22. The summed E-state index contributed by atoms with van der Waals surface area (Å²) in [5.41, 5.74) is 3.65. The first-order chi connectivity index (χ1) is 15.0. The number of amides is 2. The molecule has 1 fully saturated rings. The molecule has 2 amide bonds. The normalized spacial score (nSPS) is 13.3. The fourth-order valence-electron chi connectivity index (χ4n) is 3.59. The number of aromatic nitrogens is 4. The molecule has 1 aliphatic rings. The third kappa shape index (κ3) is 3.50. The lowest BCUT2D eigenvalue weighted by Crippen LogP contribution is -2.42. The van der Waals surface area contributed by atoms with E-state index in [1.54, 1.807) is 18.0 Å². The smallest absolute Gasteiger partial charge is 0.274 e. The number of halogens is 1. The summed E-state index contributed by atoms with van der Waals surface area (Å²) in [4.78, 5) is 32.1. The van der Waals surface area contributed by atoms with E-state index < -0.39 is 5.91 Å². The SMILES string of the molecule is Cn1ncc(C(=O)N2CCC2)c1C(=O)Nc1cc2nc(-c3ccccc3)cn2cc1Br. The van der Waals surface area contributed by atoms with Gasteiger partial charge >= 0.3 is 0 Å². The highest BCUT2D eigenvalue weighted by molar-refractivity contribution is 9.10. The van der Waals surface area contributed by atoms with Gasteiger partial charge in [0.05, 0.1) is 27.6 Å². The van der Waals surface area contributed by atoms with Gasteiger partial charge in [0.1, 0.15) is 11.3 Å². The van der Waals surface area contributed by atoms with Crippen molar-refractivity contribution in [1.29, 1.82) is 0 Å². The van der Waals surface area contributed by atoms with Crippen molar-refractivity contribution in [3.63, 3.8) is 0 Å². The lowest BCUT2D eigenvalue weighted by molar-refractivity contribution is 0.0648. The Morgan fingerprint density at radius 3 is 2.61 bits per heavy atom. The highest BCUT2D eigenvalue weighted by Crippen LogP contribution is 2.27. The topological polar surface area (TPSA) is 84.5 Å². The molecule has 0 aliphatic carbocycles. The monoisotopic (exact) mass is 478 g/mol. The standard InChI is InChI=1S/C22H19BrN6O2/c1-27-20(15(11-24-27)22(31)28-8-5-9-28)21(30)26-17-10-19-25-18(13-29(19)12-16(17)23)14-6-3-2-4-7-14/h2-4,6-7,10-13H,5,8-9H2,1H3,(H,26,30). The molecule has 0 radical (unpaired) electrons. The van der Waals surface area contributed by atoms with Gasteiger partial charge in [0, 0.05) is 44.2 Å². The van der Waals surface area contributed by atoms with Crippen molar-refractivity contribution in [2.24, 2.45) is 7.05 Å². The quantitative estimate of drug-likeness (QED) is 0.485. The lowest BCUT2D eigenvalue weighted by Gasteiger charge is -2.30. The highest BCUT2D eigenvalue weighted by Gasteiger charge is 2.29. The second-order valence-corrected chi connectivity index (χ2v) is 8.28. The van der Waals surface area contributed by atoms with Crippen LogP contribution in [-0.2, 0) is 7.05 Å². The molecule has 0 atom stereocenters. The Hall–Kier alpha value is -3.46. The van der Waals surface area contributed by atoms with Crippen molar-refractivity contribution in [3.8, 4) is 11.3 Å². The maximum absolute atomic E-state index is 13.1. The average Bonchev–Trinajstić information content (AvgIpc) is 3.30. The van der Waals surface area contributed by atoms with Crippen LogP contribution in [0.4, 0.5) is 5.69 Å². The Morgan fingerprint density at radius 2 is 1.90 bits per heavy atom. The summed E-state index contributed by atoms with van der Waals surface area (Å²) in [6, 6.07) is 11.7. The number of hydrogen-bond donors (Lipinski definition) is 1. The molecule has 3 aromatic heterocycles. The molecule has 1 aromatic carbocycles. The van der Waals surface area contributed by atoms with Gasteiger partial charge in [-0.05, 0) is 22.4 Å². The van der Waals surface area contributed by atoms with E-state index in [9.17, 15) is 9.59 Å². The number of carbonyl (C=O) groups is 2. The van der Waals surface area contributed by atoms with Crippen molar-refractivity contribution in [2.75, 3.05) is 18.4 Å². The van der Waals surface area contributed by atoms with Crippen LogP contribution >= 0.6 is 15.9 Å². The summed E-state index contributed by atoms with van der Waals surface area (Å²) in [5, 5.41) is 7.02. The molecule has 0 spiro atoms.